The Morgan fingerprint density at radius 2 is 2.11 bits per heavy atom. The molecule has 1 aliphatic heterocycles. The molecular weight excluding hydrogens is 331 g/mol. The number of hydrogen-bond donors (Lipinski definition) is 0. The van der Waals surface area contributed by atoms with Gasteiger partial charge in [0.1, 0.15) is 17.1 Å². The van der Waals surface area contributed by atoms with Gasteiger partial charge >= 0.3 is 6.18 Å². The van der Waals surface area contributed by atoms with E-state index in [1.54, 1.807) is 0 Å². The van der Waals surface area contributed by atoms with Crippen molar-refractivity contribution in [3.8, 4) is 0 Å². The summed E-state index contributed by atoms with van der Waals surface area (Å²) in [4.78, 5) is 28.1. The smallest absolute Gasteiger partial charge is 0.332 e. The van der Waals surface area contributed by atoms with Crippen molar-refractivity contribution in [3.63, 3.8) is 0 Å². The van der Waals surface area contributed by atoms with Gasteiger partial charge in [-0.3, -0.25) is 14.2 Å². The van der Waals surface area contributed by atoms with Gasteiger partial charge in [-0.25, -0.2) is 4.98 Å². The van der Waals surface area contributed by atoms with Gasteiger partial charge in [-0.05, 0) is 22.4 Å². The molecule has 5 nitrogen and oxygen atoms in total. The Hall–Kier alpha value is -1.38. The first-order chi connectivity index (χ1) is 8.79. The van der Waals surface area contributed by atoms with Gasteiger partial charge < -0.3 is 4.90 Å². The maximum absolute atomic E-state index is 12.3. The quantitative estimate of drug-likeness (QED) is 0.817. The molecule has 19 heavy (non-hydrogen) atoms. The molecule has 0 N–H and O–H groups in total. The molecule has 0 saturated carbocycles. The number of likely N-dealkylation sites (tertiary alicyclic amines) is 1. The molecule has 2 rings (SSSR count). The first-order valence-corrected chi connectivity index (χ1v) is 6.16. The molecule has 0 bridgehead atoms. The Balaban J connectivity index is 2.23. The number of nitrogens with zero attached hydrogens (tertiary/aromatic N) is 3. The van der Waals surface area contributed by atoms with Gasteiger partial charge in [0, 0.05) is 12.7 Å². The average molecular weight is 340 g/mol. The van der Waals surface area contributed by atoms with Crippen LogP contribution in [0.25, 0.3) is 0 Å². The standard InChI is InChI=1S/C10H9BrF3N3O2/c11-6-3-15-5-17(8(6)18)7-1-2-16(9(7)19)4-10(12,13)14/h3,5,7H,1-2,4H2/t7-/m0/s1. The summed E-state index contributed by atoms with van der Waals surface area (Å²) in [6.07, 6.45) is -1.85. The third-order valence-electron chi connectivity index (χ3n) is 2.79. The lowest BCUT2D eigenvalue weighted by Gasteiger charge is -2.18. The fourth-order valence-electron chi connectivity index (χ4n) is 1.98. The van der Waals surface area contributed by atoms with Crippen molar-refractivity contribution in [3.05, 3.63) is 27.4 Å². The molecular formula is C10H9BrF3N3O2. The van der Waals surface area contributed by atoms with E-state index in [9.17, 15) is 22.8 Å². The molecule has 2 heterocycles. The van der Waals surface area contributed by atoms with Crippen LogP contribution in [0.3, 0.4) is 0 Å². The third kappa shape index (κ3) is 2.96. The fraction of sp³-hybridized carbons (Fsp3) is 0.500. The molecule has 0 spiro atoms. The normalized spacial score (nSPS) is 20.1. The van der Waals surface area contributed by atoms with Crippen molar-refractivity contribution in [2.45, 2.75) is 18.6 Å². The van der Waals surface area contributed by atoms with Crippen LogP contribution in [-0.2, 0) is 4.79 Å². The Kier molecular flexibility index (Phi) is 3.66. The van der Waals surface area contributed by atoms with Crippen LogP contribution in [0, 0.1) is 0 Å². The summed E-state index contributed by atoms with van der Waals surface area (Å²) < 4.78 is 38.0. The van der Waals surface area contributed by atoms with Crippen LogP contribution in [-0.4, -0.2) is 39.6 Å². The maximum Gasteiger partial charge on any atom is 0.406 e. The number of aromatic nitrogens is 2. The van der Waals surface area contributed by atoms with Gasteiger partial charge in [-0.15, -0.1) is 0 Å². The molecule has 0 aliphatic carbocycles. The SMILES string of the molecule is O=C1[C@@H](n2cncc(Br)c2=O)CCN1CC(F)(F)F. The molecule has 0 radical (unpaired) electrons. The number of hydrogen-bond acceptors (Lipinski definition) is 3. The lowest BCUT2D eigenvalue weighted by Crippen LogP contribution is -2.38. The first kappa shape index (κ1) is 14.0. The second-order valence-corrected chi connectivity index (χ2v) is 4.99. The summed E-state index contributed by atoms with van der Waals surface area (Å²) in [6, 6.07) is -0.917. The van der Waals surface area contributed by atoms with Gasteiger partial charge in [0.15, 0.2) is 0 Å². The fourth-order valence-corrected chi connectivity index (χ4v) is 2.30. The van der Waals surface area contributed by atoms with Gasteiger partial charge in [0.25, 0.3) is 5.56 Å². The van der Waals surface area contributed by atoms with E-state index in [4.69, 9.17) is 0 Å². The highest BCUT2D eigenvalue weighted by Crippen LogP contribution is 2.26. The number of alkyl halides is 3. The Bertz CT molecular complexity index is 558. The van der Waals surface area contributed by atoms with Crippen LogP contribution in [0.1, 0.15) is 12.5 Å². The predicted octanol–water partition coefficient (Wildman–Crippen LogP) is 1.34. The van der Waals surface area contributed by atoms with E-state index in [2.05, 4.69) is 20.9 Å². The number of halogens is 4. The second kappa shape index (κ2) is 4.95. The minimum atomic E-state index is -4.44. The van der Waals surface area contributed by atoms with Crippen LogP contribution in [0.2, 0.25) is 0 Å². The predicted molar refractivity (Wildman–Crippen MR) is 62.5 cm³/mol. The first-order valence-electron chi connectivity index (χ1n) is 5.37. The topological polar surface area (TPSA) is 55.2 Å². The molecule has 0 unspecified atom stereocenters. The lowest BCUT2D eigenvalue weighted by atomic mass is 10.2. The number of carbonyl (C=O) groups is 1. The molecule has 0 aromatic carbocycles. The van der Waals surface area contributed by atoms with Crippen molar-refractivity contribution in [2.24, 2.45) is 0 Å². The molecule has 1 saturated heterocycles. The largest absolute Gasteiger partial charge is 0.406 e. The van der Waals surface area contributed by atoms with Gasteiger partial charge in [-0.2, -0.15) is 13.2 Å². The van der Waals surface area contributed by atoms with Gasteiger partial charge in [0.2, 0.25) is 5.91 Å². The number of amides is 1. The molecule has 1 aromatic heterocycles. The highest BCUT2D eigenvalue weighted by molar-refractivity contribution is 9.10. The average Bonchev–Trinajstić information content (AvgIpc) is 2.63. The monoisotopic (exact) mass is 339 g/mol. The molecule has 1 atom stereocenters. The van der Waals surface area contributed by atoms with Crippen molar-refractivity contribution in [1.82, 2.24) is 14.5 Å². The van der Waals surface area contributed by atoms with Crippen molar-refractivity contribution >= 4 is 21.8 Å². The van der Waals surface area contributed by atoms with E-state index < -0.39 is 30.2 Å². The lowest BCUT2D eigenvalue weighted by molar-refractivity contribution is -0.158. The highest BCUT2D eigenvalue weighted by Gasteiger charge is 2.40. The molecule has 1 aromatic rings. The highest BCUT2D eigenvalue weighted by atomic mass is 79.9. The zero-order valence-corrected chi connectivity index (χ0v) is 11.1. The summed E-state index contributed by atoms with van der Waals surface area (Å²) >= 11 is 2.98. The van der Waals surface area contributed by atoms with E-state index in [-0.39, 0.29) is 17.4 Å². The molecule has 1 fully saturated rings. The van der Waals surface area contributed by atoms with Gasteiger partial charge in [0.05, 0.1) is 6.33 Å². The Morgan fingerprint density at radius 1 is 1.42 bits per heavy atom. The van der Waals surface area contributed by atoms with Crippen LogP contribution in [0.4, 0.5) is 13.2 Å². The second-order valence-electron chi connectivity index (χ2n) is 4.13. The zero-order valence-electron chi connectivity index (χ0n) is 9.52. The summed E-state index contributed by atoms with van der Waals surface area (Å²) in [6.45, 7) is -1.32. The number of rotatable bonds is 2. The van der Waals surface area contributed by atoms with E-state index in [1.165, 1.54) is 6.20 Å². The minimum Gasteiger partial charge on any atom is -0.332 e. The van der Waals surface area contributed by atoms with Crippen molar-refractivity contribution in [1.29, 1.82) is 0 Å². The van der Waals surface area contributed by atoms with Crippen LogP contribution >= 0.6 is 15.9 Å². The molecule has 1 amide bonds. The van der Waals surface area contributed by atoms with Gasteiger partial charge in [-0.1, -0.05) is 0 Å². The van der Waals surface area contributed by atoms with E-state index in [0.29, 0.717) is 4.90 Å². The van der Waals surface area contributed by atoms with Crippen LogP contribution in [0.15, 0.2) is 21.8 Å². The molecule has 104 valence electrons. The minimum absolute atomic E-state index is 0.0258. The number of carbonyl (C=O) groups excluding carboxylic acids is 1. The summed E-state index contributed by atoms with van der Waals surface area (Å²) in [5, 5.41) is 0. The van der Waals surface area contributed by atoms with Crippen LogP contribution in [0.5, 0.6) is 0 Å². The Labute approximate surface area is 114 Å². The van der Waals surface area contributed by atoms with Crippen molar-refractivity contribution < 1.29 is 18.0 Å². The van der Waals surface area contributed by atoms with E-state index in [1.807, 2.05) is 0 Å². The van der Waals surface area contributed by atoms with Crippen molar-refractivity contribution in [2.75, 3.05) is 13.1 Å². The third-order valence-corrected chi connectivity index (χ3v) is 3.34. The molecule has 1 aliphatic rings. The zero-order chi connectivity index (χ0) is 14.2. The summed E-state index contributed by atoms with van der Waals surface area (Å²) in [5.74, 6) is -0.709. The van der Waals surface area contributed by atoms with E-state index in [0.717, 1.165) is 10.9 Å². The summed E-state index contributed by atoms with van der Waals surface area (Å²) in [5.41, 5.74) is -0.484. The maximum atomic E-state index is 12.3. The van der Waals surface area contributed by atoms with E-state index >= 15 is 0 Å². The van der Waals surface area contributed by atoms with Crippen LogP contribution < -0.4 is 5.56 Å². The summed E-state index contributed by atoms with van der Waals surface area (Å²) in [7, 11) is 0. The Morgan fingerprint density at radius 3 is 2.74 bits per heavy atom. The molecule has 9 heteroatoms.